The highest BCUT2D eigenvalue weighted by atomic mass is 35.5. The fraction of sp³-hybridized carbons (Fsp3) is 0.167. The summed E-state index contributed by atoms with van der Waals surface area (Å²) in [6.07, 6.45) is 1.16. The van der Waals surface area contributed by atoms with E-state index in [1.807, 2.05) is 18.2 Å². The second-order valence-corrected chi connectivity index (χ2v) is 4.21. The number of aliphatic hydroxyl groups excluding tert-OH is 1. The molecule has 0 aliphatic carbocycles. The number of halogens is 2. The molecule has 1 heterocycles. The molecule has 0 fully saturated rings. The maximum atomic E-state index is 9.97. The van der Waals surface area contributed by atoms with Crippen LogP contribution in [0.4, 0.5) is 0 Å². The monoisotopic (exact) mass is 256 g/mol. The summed E-state index contributed by atoms with van der Waals surface area (Å²) in [4.78, 5) is 0. The van der Waals surface area contributed by atoms with E-state index in [9.17, 15) is 5.11 Å². The van der Waals surface area contributed by atoms with Crippen LogP contribution in [0.5, 0.6) is 0 Å². The van der Waals surface area contributed by atoms with Crippen molar-refractivity contribution in [2.24, 2.45) is 0 Å². The van der Waals surface area contributed by atoms with E-state index in [4.69, 9.17) is 27.6 Å². The minimum Gasteiger partial charge on any atom is -0.453 e. The van der Waals surface area contributed by atoms with Gasteiger partial charge in [0.05, 0.1) is 12.4 Å². The number of furan rings is 1. The van der Waals surface area contributed by atoms with Gasteiger partial charge in [0.25, 0.3) is 0 Å². The number of benzene rings is 1. The lowest BCUT2D eigenvalue weighted by molar-refractivity contribution is 0.177. The van der Waals surface area contributed by atoms with E-state index >= 15 is 0 Å². The molecular formula is C12H10Cl2O2. The van der Waals surface area contributed by atoms with Crippen molar-refractivity contribution in [3.05, 3.63) is 58.0 Å². The maximum Gasteiger partial charge on any atom is 0.198 e. The fourth-order valence-electron chi connectivity index (χ4n) is 1.52. The first-order chi connectivity index (χ1) is 7.68. The Hall–Kier alpha value is -0.960. The standard InChI is InChI=1S/C12H10Cl2O2/c13-10-4-2-1-3-8(10)7-11(15)9-5-6-16-12(9)14/h1-6,11,15H,7H2. The van der Waals surface area contributed by atoms with Crippen molar-refractivity contribution in [2.75, 3.05) is 0 Å². The third-order valence-corrected chi connectivity index (χ3v) is 3.05. The summed E-state index contributed by atoms with van der Waals surface area (Å²) >= 11 is 11.8. The van der Waals surface area contributed by atoms with Gasteiger partial charge in [0.2, 0.25) is 0 Å². The predicted octanol–water partition coefficient (Wildman–Crippen LogP) is 3.86. The Labute approximate surface area is 103 Å². The van der Waals surface area contributed by atoms with Gasteiger partial charge in [-0.1, -0.05) is 29.8 Å². The lowest BCUT2D eigenvalue weighted by atomic mass is 10.0. The lowest BCUT2D eigenvalue weighted by Crippen LogP contribution is -2.01. The van der Waals surface area contributed by atoms with Crippen LogP contribution in [-0.4, -0.2) is 5.11 Å². The first-order valence-electron chi connectivity index (χ1n) is 4.83. The van der Waals surface area contributed by atoms with Crippen molar-refractivity contribution >= 4 is 23.2 Å². The third kappa shape index (κ3) is 2.40. The number of rotatable bonds is 3. The molecule has 0 saturated carbocycles. The molecule has 0 bridgehead atoms. The van der Waals surface area contributed by atoms with Crippen molar-refractivity contribution in [3.8, 4) is 0 Å². The molecule has 4 heteroatoms. The SMILES string of the molecule is OC(Cc1ccccc1Cl)c1ccoc1Cl. The van der Waals surface area contributed by atoms with Gasteiger partial charge in [0.15, 0.2) is 5.22 Å². The smallest absolute Gasteiger partial charge is 0.198 e. The second-order valence-electron chi connectivity index (χ2n) is 3.46. The molecule has 0 aliphatic heterocycles. The van der Waals surface area contributed by atoms with E-state index in [1.165, 1.54) is 6.26 Å². The summed E-state index contributed by atoms with van der Waals surface area (Å²) in [6, 6.07) is 9.05. The van der Waals surface area contributed by atoms with Gasteiger partial charge in [0, 0.05) is 17.0 Å². The normalized spacial score (nSPS) is 12.7. The van der Waals surface area contributed by atoms with E-state index in [-0.39, 0.29) is 5.22 Å². The van der Waals surface area contributed by atoms with Gasteiger partial charge in [-0.3, -0.25) is 0 Å². The van der Waals surface area contributed by atoms with Crippen LogP contribution < -0.4 is 0 Å². The summed E-state index contributed by atoms with van der Waals surface area (Å²) in [5.41, 5.74) is 1.47. The van der Waals surface area contributed by atoms with Crippen LogP contribution in [0.15, 0.2) is 41.0 Å². The quantitative estimate of drug-likeness (QED) is 0.905. The van der Waals surface area contributed by atoms with Gasteiger partial charge in [-0.25, -0.2) is 0 Å². The largest absolute Gasteiger partial charge is 0.453 e. The summed E-state index contributed by atoms with van der Waals surface area (Å²) in [5, 5.41) is 10.8. The molecule has 0 amide bonds. The molecule has 1 aromatic carbocycles. The topological polar surface area (TPSA) is 33.4 Å². The molecular weight excluding hydrogens is 247 g/mol. The molecule has 0 radical (unpaired) electrons. The first kappa shape index (κ1) is 11.5. The average Bonchev–Trinajstić information content (AvgIpc) is 2.68. The first-order valence-corrected chi connectivity index (χ1v) is 5.58. The van der Waals surface area contributed by atoms with Crippen LogP contribution in [0.3, 0.4) is 0 Å². The zero-order valence-corrected chi connectivity index (χ0v) is 9.87. The van der Waals surface area contributed by atoms with Crippen molar-refractivity contribution in [3.63, 3.8) is 0 Å². The van der Waals surface area contributed by atoms with E-state index < -0.39 is 6.10 Å². The zero-order valence-electron chi connectivity index (χ0n) is 8.36. The maximum absolute atomic E-state index is 9.97. The summed E-state index contributed by atoms with van der Waals surface area (Å²) in [7, 11) is 0. The van der Waals surface area contributed by atoms with Crippen molar-refractivity contribution in [1.82, 2.24) is 0 Å². The Morgan fingerprint density at radius 3 is 2.56 bits per heavy atom. The molecule has 2 rings (SSSR count). The molecule has 1 aromatic heterocycles. The van der Waals surface area contributed by atoms with Gasteiger partial charge < -0.3 is 9.52 Å². The van der Waals surface area contributed by atoms with Crippen LogP contribution in [0.1, 0.15) is 17.2 Å². The third-order valence-electron chi connectivity index (χ3n) is 2.38. The Balaban J connectivity index is 2.17. The van der Waals surface area contributed by atoms with Crippen LogP contribution in [-0.2, 0) is 6.42 Å². The molecule has 84 valence electrons. The van der Waals surface area contributed by atoms with Crippen molar-refractivity contribution in [2.45, 2.75) is 12.5 Å². The highest BCUT2D eigenvalue weighted by Gasteiger charge is 2.15. The molecule has 1 N–H and O–H groups in total. The number of hydrogen-bond donors (Lipinski definition) is 1. The van der Waals surface area contributed by atoms with Crippen LogP contribution >= 0.6 is 23.2 Å². The predicted molar refractivity (Wildman–Crippen MR) is 63.8 cm³/mol. The fourth-order valence-corrected chi connectivity index (χ4v) is 1.98. The number of aliphatic hydroxyl groups is 1. The Morgan fingerprint density at radius 1 is 1.19 bits per heavy atom. The Morgan fingerprint density at radius 2 is 1.94 bits per heavy atom. The molecule has 16 heavy (non-hydrogen) atoms. The molecule has 1 atom stereocenters. The molecule has 0 spiro atoms. The van der Waals surface area contributed by atoms with Crippen LogP contribution in [0.2, 0.25) is 10.2 Å². The Kier molecular flexibility index (Phi) is 3.54. The van der Waals surface area contributed by atoms with Crippen molar-refractivity contribution < 1.29 is 9.52 Å². The van der Waals surface area contributed by atoms with Crippen LogP contribution in [0.25, 0.3) is 0 Å². The summed E-state index contributed by atoms with van der Waals surface area (Å²) in [6.45, 7) is 0. The molecule has 0 aliphatic rings. The van der Waals surface area contributed by atoms with E-state index in [1.54, 1.807) is 12.1 Å². The minimum atomic E-state index is -0.703. The highest BCUT2D eigenvalue weighted by molar-refractivity contribution is 6.31. The summed E-state index contributed by atoms with van der Waals surface area (Å²) in [5.74, 6) is 0. The molecule has 2 aromatic rings. The average molecular weight is 257 g/mol. The second kappa shape index (κ2) is 4.91. The van der Waals surface area contributed by atoms with Gasteiger partial charge >= 0.3 is 0 Å². The molecule has 1 unspecified atom stereocenters. The van der Waals surface area contributed by atoms with Gasteiger partial charge in [-0.05, 0) is 29.3 Å². The van der Waals surface area contributed by atoms with E-state index in [0.29, 0.717) is 17.0 Å². The lowest BCUT2D eigenvalue weighted by Gasteiger charge is -2.10. The van der Waals surface area contributed by atoms with Gasteiger partial charge in [0.1, 0.15) is 0 Å². The molecule has 0 saturated heterocycles. The molecule has 2 nitrogen and oxygen atoms in total. The van der Waals surface area contributed by atoms with Crippen LogP contribution in [0, 0.1) is 0 Å². The minimum absolute atomic E-state index is 0.222. The number of hydrogen-bond acceptors (Lipinski definition) is 2. The summed E-state index contributed by atoms with van der Waals surface area (Å²) < 4.78 is 4.93. The van der Waals surface area contributed by atoms with E-state index in [2.05, 4.69) is 0 Å². The zero-order chi connectivity index (χ0) is 11.5. The highest BCUT2D eigenvalue weighted by Crippen LogP contribution is 2.28. The van der Waals surface area contributed by atoms with Gasteiger partial charge in [-0.2, -0.15) is 0 Å². The van der Waals surface area contributed by atoms with E-state index in [0.717, 1.165) is 5.56 Å². The Bertz CT molecular complexity index is 479. The van der Waals surface area contributed by atoms with Gasteiger partial charge in [-0.15, -0.1) is 0 Å². The van der Waals surface area contributed by atoms with Crippen molar-refractivity contribution in [1.29, 1.82) is 0 Å².